The summed E-state index contributed by atoms with van der Waals surface area (Å²) in [6.45, 7) is 4.33. The molecule has 148 valence electrons. The molecule has 0 fully saturated rings. The van der Waals surface area contributed by atoms with Crippen LogP contribution in [0.25, 0.3) is 15.8 Å². The first-order chi connectivity index (χ1) is 12.9. The molecule has 0 aliphatic rings. The summed E-state index contributed by atoms with van der Waals surface area (Å²) in [7, 11) is 0. The smallest absolute Gasteiger partial charge is 0.425 e. The first-order valence-corrected chi connectivity index (χ1v) is 8.83. The number of rotatable bonds is 2. The second-order valence-corrected chi connectivity index (χ2v) is 7.42. The molecule has 2 heterocycles. The van der Waals surface area contributed by atoms with E-state index >= 15 is 0 Å². The number of nitrogens with zero attached hydrogens (tertiary/aromatic N) is 1. The van der Waals surface area contributed by atoms with Crippen molar-refractivity contribution in [3.63, 3.8) is 0 Å². The summed E-state index contributed by atoms with van der Waals surface area (Å²) in [5.41, 5.74) is 11.0. The maximum atomic E-state index is 13.4. The van der Waals surface area contributed by atoms with Crippen LogP contribution in [0, 0.1) is 20.8 Å². The molecular formula is C18H16F3N3O3S. The quantitative estimate of drug-likeness (QED) is 0.600. The number of hydrogen-bond donors (Lipinski definition) is 3. The number of thiophene rings is 1. The average Bonchev–Trinajstić information content (AvgIpc) is 2.91. The fraction of sp³-hybridized carbons (Fsp3) is 0.222. The van der Waals surface area contributed by atoms with Crippen molar-refractivity contribution in [2.75, 3.05) is 5.73 Å². The van der Waals surface area contributed by atoms with Gasteiger partial charge >= 0.3 is 6.18 Å². The van der Waals surface area contributed by atoms with Crippen LogP contribution < -0.4 is 17.0 Å². The third kappa shape index (κ3) is 2.71. The van der Waals surface area contributed by atoms with E-state index in [0.717, 1.165) is 11.5 Å². The largest absolute Gasteiger partial charge is 0.508 e. The molecule has 0 atom stereocenters. The zero-order valence-electron chi connectivity index (χ0n) is 15.1. The number of nitrogens with two attached hydrogens (primary N) is 2. The van der Waals surface area contributed by atoms with Gasteiger partial charge in [-0.15, -0.1) is 11.3 Å². The molecule has 0 spiro atoms. The normalized spacial score (nSPS) is 11.9. The number of hydrogen-bond acceptors (Lipinski definition) is 5. The number of carbonyl (C=O) groups is 1. The van der Waals surface area contributed by atoms with Crippen LogP contribution in [0.4, 0.5) is 19.0 Å². The van der Waals surface area contributed by atoms with Gasteiger partial charge in [0.05, 0.1) is 21.3 Å². The number of alkyl halides is 3. The Balaban J connectivity index is 2.62. The van der Waals surface area contributed by atoms with E-state index < -0.39 is 22.5 Å². The summed E-state index contributed by atoms with van der Waals surface area (Å²) in [6.07, 6.45) is -4.70. The van der Waals surface area contributed by atoms with Crippen LogP contribution in [0.5, 0.6) is 5.75 Å². The highest BCUT2D eigenvalue weighted by Gasteiger charge is 2.37. The van der Waals surface area contributed by atoms with E-state index in [9.17, 15) is 27.9 Å². The van der Waals surface area contributed by atoms with E-state index in [-0.39, 0.29) is 55.4 Å². The van der Waals surface area contributed by atoms with E-state index in [4.69, 9.17) is 11.5 Å². The van der Waals surface area contributed by atoms with Gasteiger partial charge in [0.1, 0.15) is 16.4 Å². The fourth-order valence-corrected chi connectivity index (χ4v) is 4.52. The SMILES string of the molecule is Cc1ccc(O)c(C)c1-n1c(N)c(C(N)=O)c2sc(C(F)(F)F)c(C)c2c1=O. The number of benzene rings is 1. The molecular weight excluding hydrogens is 395 g/mol. The van der Waals surface area contributed by atoms with Gasteiger partial charge in [-0.2, -0.15) is 13.2 Å². The van der Waals surface area contributed by atoms with Gasteiger partial charge in [0.15, 0.2) is 0 Å². The molecule has 6 nitrogen and oxygen atoms in total. The molecule has 10 heteroatoms. The van der Waals surface area contributed by atoms with Crippen LogP contribution in [0.15, 0.2) is 16.9 Å². The predicted octanol–water partition coefficient (Wildman–Crippen LogP) is 3.38. The standard InChI is InChI=1S/C18H16F3N3O3S/c1-6-4-5-9(25)7(2)12(6)24-15(22)11(16(23)26)13-10(17(24)27)8(3)14(28-13)18(19,20)21/h4-5,25H,22H2,1-3H3,(H2,23,26). The van der Waals surface area contributed by atoms with Crippen molar-refractivity contribution in [1.29, 1.82) is 0 Å². The molecule has 28 heavy (non-hydrogen) atoms. The van der Waals surface area contributed by atoms with Crippen molar-refractivity contribution < 1.29 is 23.1 Å². The molecule has 2 aromatic heterocycles. The van der Waals surface area contributed by atoms with Gasteiger partial charge in [-0.3, -0.25) is 14.2 Å². The van der Waals surface area contributed by atoms with Gasteiger partial charge in [0.2, 0.25) is 0 Å². The molecule has 3 aromatic rings. The van der Waals surface area contributed by atoms with E-state index in [0.29, 0.717) is 5.56 Å². The van der Waals surface area contributed by atoms with E-state index in [1.807, 2.05) is 0 Å². The number of fused-ring (bicyclic) bond motifs is 1. The summed E-state index contributed by atoms with van der Waals surface area (Å²) < 4.78 is 40.9. The number of aromatic hydroxyl groups is 1. The van der Waals surface area contributed by atoms with Crippen molar-refractivity contribution in [2.24, 2.45) is 5.73 Å². The number of nitrogen functional groups attached to an aromatic ring is 1. The highest BCUT2D eigenvalue weighted by Crippen LogP contribution is 2.43. The monoisotopic (exact) mass is 411 g/mol. The van der Waals surface area contributed by atoms with Crippen LogP contribution in [-0.4, -0.2) is 15.6 Å². The third-order valence-corrected chi connectivity index (χ3v) is 5.97. The maximum Gasteiger partial charge on any atom is 0.425 e. The second-order valence-electron chi connectivity index (χ2n) is 6.40. The Hall–Kier alpha value is -3.01. The predicted molar refractivity (Wildman–Crippen MR) is 101 cm³/mol. The average molecular weight is 411 g/mol. The zero-order valence-corrected chi connectivity index (χ0v) is 15.9. The lowest BCUT2D eigenvalue weighted by Gasteiger charge is -2.18. The Morgan fingerprint density at radius 3 is 2.32 bits per heavy atom. The van der Waals surface area contributed by atoms with Crippen LogP contribution in [0.3, 0.4) is 0 Å². The maximum absolute atomic E-state index is 13.4. The van der Waals surface area contributed by atoms with Crippen LogP contribution in [0.1, 0.15) is 31.9 Å². The highest BCUT2D eigenvalue weighted by atomic mass is 32.1. The minimum Gasteiger partial charge on any atom is -0.508 e. The van der Waals surface area contributed by atoms with E-state index in [1.54, 1.807) is 6.92 Å². The summed E-state index contributed by atoms with van der Waals surface area (Å²) in [5, 5.41) is 9.75. The highest BCUT2D eigenvalue weighted by molar-refractivity contribution is 7.19. The van der Waals surface area contributed by atoms with Crippen molar-refractivity contribution in [2.45, 2.75) is 26.9 Å². The molecule has 0 radical (unpaired) electrons. The number of pyridine rings is 1. The van der Waals surface area contributed by atoms with Gasteiger partial charge < -0.3 is 16.6 Å². The lowest BCUT2D eigenvalue weighted by atomic mass is 10.1. The first kappa shape index (κ1) is 19.7. The summed E-state index contributed by atoms with van der Waals surface area (Å²) in [6, 6.07) is 2.94. The van der Waals surface area contributed by atoms with E-state index in [1.165, 1.54) is 19.1 Å². The van der Waals surface area contributed by atoms with Crippen LogP contribution in [0.2, 0.25) is 0 Å². The molecule has 1 amide bonds. The van der Waals surface area contributed by atoms with Crippen LogP contribution >= 0.6 is 11.3 Å². The van der Waals surface area contributed by atoms with Gasteiger partial charge in [0.25, 0.3) is 11.5 Å². The van der Waals surface area contributed by atoms with E-state index in [2.05, 4.69) is 0 Å². The Morgan fingerprint density at radius 2 is 1.79 bits per heavy atom. The first-order valence-electron chi connectivity index (χ1n) is 8.02. The lowest BCUT2D eigenvalue weighted by molar-refractivity contribution is -0.134. The third-order valence-electron chi connectivity index (χ3n) is 4.62. The molecule has 0 bridgehead atoms. The Bertz CT molecular complexity index is 1210. The number of primary amides is 1. The van der Waals surface area contributed by atoms with Crippen molar-refractivity contribution in [1.82, 2.24) is 4.57 Å². The summed E-state index contributed by atoms with van der Waals surface area (Å²) in [4.78, 5) is 24.2. The minimum absolute atomic E-state index is 0.134. The Labute approximate surface area is 160 Å². The topological polar surface area (TPSA) is 111 Å². The van der Waals surface area contributed by atoms with Gasteiger partial charge in [-0.1, -0.05) is 6.07 Å². The number of aromatic nitrogens is 1. The molecule has 3 rings (SSSR count). The molecule has 0 aliphatic carbocycles. The molecule has 0 saturated carbocycles. The van der Waals surface area contributed by atoms with Crippen molar-refractivity contribution in [3.05, 3.63) is 49.6 Å². The summed E-state index contributed by atoms with van der Waals surface area (Å²) in [5.74, 6) is -1.57. The van der Waals surface area contributed by atoms with Crippen molar-refractivity contribution in [3.8, 4) is 11.4 Å². The number of aryl methyl sites for hydroxylation is 2. The molecule has 5 N–H and O–H groups in total. The Kier molecular flexibility index (Phi) is 4.42. The number of phenols is 1. The second kappa shape index (κ2) is 6.26. The summed E-state index contributed by atoms with van der Waals surface area (Å²) >= 11 is 0.261. The Morgan fingerprint density at radius 1 is 1.18 bits per heavy atom. The number of anilines is 1. The minimum atomic E-state index is -4.70. The van der Waals surface area contributed by atoms with Gasteiger partial charge in [-0.25, -0.2) is 0 Å². The van der Waals surface area contributed by atoms with Crippen LogP contribution in [-0.2, 0) is 6.18 Å². The fourth-order valence-electron chi connectivity index (χ4n) is 3.30. The molecule has 0 saturated heterocycles. The number of amides is 1. The molecule has 1 aromatic carbocycles. The van der Waals surface area contributed by atoms with Crippen molar-refractivity contribution >= 4 is 33.1 Å². The lowest BCUT2D eigenvalue weighted by Crippen LogP contribution is -2.27. The number of carbonyl (C=O) groups excluding carboxylic acids is 1. The molecule has 0 unspecified atom stereocenters. The number of halogens is 3. The number of phenolic OH excluding ortho intramolecular Hbond substituents is 1. The molecule has 0 aliphatic heterocycles. The van der Waals surface area contributed by atoms with Gasteiger partial charge in [0, 0.05) is 5.56 Å². The van der Waals surface area contributed by atoms with Gasteiger partial charge in [-0.05, 0) is 38.0 Å². The zero-order chi connectivity index (χ0) is 21.1.